The number of hydrogen-bond donors (Lipinski definition) is 2. The summed E-state index contributed by atoms with van der Waals surface area (Å²) in [4.78, 5) is 20.0. The van der Waals surface area contributed by atoms with Gasteiger partial charge in [0.15, 0.2) is 0 Å². The lowest BCUT2D eigenvalue weighted by molar-refractivity contribution is -0.118. The normalized spacial score (nSPS) is 12.6. The van der Waals surface area contributed by atoms with Gasteiger partial charge in [-0.2, -0.15) is 0 Å². The van der Waals surface area contributed by atoms with Crippen molar-refractivity contribution in [3.8, 4) is 0 Å². The minimum atomic E-state index is -0.553. The number of primary amides is 1. The molecule has 0 aromatic heterocycles. The maximum Gasteiger partial charge on any atom is 0.219 e. The molecular weight excluding hydrogens is 120 g/mol. The van der Waals surface area contributed by atoms with Crippen LogP contribution in [0.4, 0.5) is 0 Å². The number of rotatable bonds is 4. The van der Waals surface area contributed by atoms with Gasteiger partial charge in [-0.1, -0.05) is 0 Å². The largest absolute Gasteiger partial charge is 0.370 e. The molecule has 0 aromatic carbocycles. The molecule has 1 atom stereocenters. The van der Waals surface area contributed by atoms with Gasteiger partial charge >= 0.3 is 0 Å². The van der Waals surface area contributed by atoms with Crippen LogP contribution in [-0.2, 0) is 9.59 Å². The van der Waals surface area contributed by atoms with Gasteiger partial charge in [-0.25, -0.2) is 0 Å². The Hall–Kier alpha value is -0.900. The average Bonchev–Trinajstić information content (AvgIpc) is 1.82. The molecule has 0 aliphatic heterocycles. The molecule has 0 spiro atoms. The lowest BCUT2D eigenvalue weighted by Gasteiger charge is -2.02. The third kappa shape index (κ3) is 3.66. The minimum Gasteiger partial charge on any atom is -0.370 e. The molecule has 0 bridgehead atoms. The lowest BCUT2D eigenvalue weighted by Crippen LogP contribution is -2.31. The van der Waals surface area contributed by atoms with Crippen LogP contribution >= 0.6 is 0 Å². The molecule has 0 saturated carbocycles. The zero-order valence-electron chi connectivity index (χ0n) is 5.18. The van der Waals surface area contributed by atoms with E-state index in [1.165, 1.54) is 0 Å². The Morgan fingerprint density at radius 1 is 1.89 bits per heavy atom. The molecule has 4 nitrogen and oxygen atoms in total. The molecule has 0 aliphatic rings. The number of hydrogen-bond acceptors (Lipinski definition) is 3. The van der Waals surface area contributed by atoms with Gasteiger partial charge < -0.3 is 11.1 Å². The molecule has 0 saturated heterocycles. The zero-order valence-corrected chi connectivity index (χ0v) is 5.18. The first kappa shape index (κ1) is 8.10. The predicted octanol–water partition coefficient (Wildman–Crippen LogP) is -1.44. The van der Waals surface area contributed by atoms with Crippen LogP contribution in [0.3, 0.4) is 0 Å². The van der Waals surface area contributed by atoms with E-state index in [-0.39, 0.29) is 6.42 Å². The molecule has 1 unspecified atom stereocenters. The number of amides is 1. The fourth-order valence-electron chi connectivity index (χ4n) is 0.404. The van der Waals surface area contributed by atoms with Gasteiger partial charge in [-0.15, -0.1) is 0 Å². The van der Waals surface area contributed by atoms with Crippen LogP contribution in [0.15, 0.2) is 0 Å². The Balaban J connectivity index is 3.55. The first-order valence-corrected chi connectivity index (χ1v) is 2.54. The van der Waals surface area contributed by atoms with E-state index in [0.29, 0.717) is 0 Å². The van der Waals surface area contributed by atoms with Crippen molar-refractivity contribution in [2.75, 3.05) is 7.05 Å². The molecule has 4 heteroatoms. The van der Waals surface area contributed by atoms with Crippen LogP contribution < -0.4 is 11.1 Å². The lowest BCUT2D eigenvalue weighted by atomic mass is 10.2. The molecule has 3 N–H and O–H groups in total. The van der Waals surface area contributed by atoms with Crippen LogP contribution in [0.5, 0.6) is 0 Å². The quantitative estimate of drug-likeness (QED) is 0.488. The number of nitrogens with two attached hydrogens (primary N) is 1. The van der Waals surface area contributed by atoms with E-state index in [1.54, 1.807) is 13.3 Å². The third-order valence-corrected chi connectivity index (χ3v) is 0.896. The van der Waals surface area contributed by atoms with Gasteiger partial charge in [0.1, 0.15) is 0 Å². The summed E-state index contributed by atoms with van der Waals surface area (Å²) in [6.45, 7) is 0. The van der Waals surface area contributed by atoms with Crippen molar-refractivity contribution in [1.29, 1.82) is 0 Å². The summed E-state index contributed by atoms with van der Waals surface area (Å²) in [5.41, 5.74) is 4.79. The summed E-state index contributed by atoms with van der Waals surface area (Å²) >= 11 is 0. The second-order valence-corrected chi connectivity index (χ2v) is 1.63. The Bertz CT molecular complexity index is 114. The van der Waals surface area contributed by atoms with E-state index in [4.69, 9.17) is 5.73 Å². The van der Waals surface area contributed by atoms with Gasteiger partial charge in [0.2, 0.25) is 12.2 Å². The number of carbonyl (C=O) groups is 1. The Morgan fingerprint density at radius 2 is 2.44 bits per heavy atom. The van der Waals surface area contributed by atoms with E-state index in [1.807, 2.05) is 0 Å². The van der Waals surface area contributed by atoms with Gasteiger partial charge in [-0.3, -0.25) is 9.59 Å². The summed E-state index contributed by atoms with van der Waals surface area (Å²) < 4.78 is 0. The second-order valence-electron chi connectivity index (χ2n) is 1.63. The van der Waals surface area contributed by atoms with Gasteiger partial charge in [0, 0.05) is 6.42 Å². The van der Waals surface area contributed by atoms with E-state index in [9.17, 15) is 9.59 Å². The smallest absolute Gasteiger partial charge is 0.219 e. The van der Waals surface area contributed by atoms with Gasteiger partial charge in [0.25, 0.3) is 0 Å². The van der Waals surface area contributed by atoms with Crippen LogP contribution in [0.2, 0.25) is 0 Å². The van der Waals surface area contributed by atoms with E-state index in [0.717, 1.165) is 0 Å². The standard InChI is InChI=1S/C5H9N2O2/c1-7-4(3-8)2-5(6)9/h4,7H,2H2,1H3,(H2,6,9). The molecule has 0 fully saturated rings. The summed E-state index contributed by atoms with van der Waals surface area (Å²) in [5.74, 6) is -0.502. The fourth-order valence-corrected chi connectivity index (χ4v) is 0.404. The van der Waals surface area contributed by atoms with E-state index < -0.39 is 11.9 Å². The van der Waals surface area contributed by atoms with Crippen molar-refractivity contribution in [3.05, 3.63) is 0 Å². The Kier molecular flexibility index (Phi) is 3.62. The molecule has 0 aromatic rings. The first-order valence-electron chi connectivity index (χ1n) is 2.54. The highest BCUT2D eigenvalue weighted by Gasteiger charge is 2.07. The minimum absolute atomic E-state index is 0.0139. The van der Waals surface area contributed by atoms with Gasteiger partial charge in [-0.05, 0) is 7.05 Å². The predicted molar refractivity (Wildman–Crippen MR) is 32.4 cm³/mol. The number of carbonyl (C=O) groups excluding carboxylic acids is 2. The first-order chi connectivity index (χ1) is 4.20. The van der Waals surface area contributed by atoms with E-state index >= 15 is 0 Å². The van der Waals surface area contributed by atoms with Crippen molar-refractivity contribution in [3.63, 3.8) is 0 Å². The van der Waals surface area contributed by atoms with Crippen LogP contribution in [0.25, 0.3) is 0 Å². The summed E-state index contributed by atoms with van der Waals surface area (Å²) in [6, 6.07) is -0.553. The molecular formula is C5H9N2O2. The highest BCUT2D eigenvalue weighted by molar-refractivity contribution is 5.78. The Labute approximate surface area is 53.4 Å². The Morgan fingerprint density at radius 3 is 2.56 bits per heavy atom. The van der Waals surface area contributed by atoms with Crippen molar-refractivity contribution in [2.45, 2.75) is 12.5 Å². The topological polar surface area (TPSA) is 72.2 Å². The summed E-state index contributed by atoms with van der Waals surface area (Å²) in [6.07, 6.45) is 1.64. The fraction of sp³-hybridized carbons (Fsp3) is 0.600. The van der Waals surface area contributed by atoms with Crippen molar-refractivity contribution < 1.29 is 9.59 Å². The molecule has 9 heavy (non-hydrogen) atoms. The van der Waals surface area contributed by atoms with Gasteiger partial charge in [0.05, 0.1) is 6.04 Å². The molecule has 1 amide bonds. The highest BCUT2D eigenvalue weighted by Crippen LogP contribution is 1.82. The van der Waals surface area contributed by atoms with E-state index in [2.05, 4.69) is 5.32 Å². The molecule has 51 valence electrons. The van der Waals surface area contributed by atoms with Crippen LogP contribution in [0.1, 0.15) is 6.42 Å². The summed E-state index contributed by atoms with van der Waals surface area (Å²) in [7, 11) is 1.57. The number of nitrogens with one attached hydrogen (secondary N) is 1. The highest BCUT2D eigenvalue weighted by atomic mass is 16.1. The molecule has 0 rings (SSSR count). The molecule has 1 radical (unpaired) electrons. The summed E-state index contributed by atoms with van der Waals surface area (Å²) in [5, 5.41) is 2.56. The van der Waals surface area contributed by atoms with Crippen LogP contribution in [0, 0.1) is 0 Å². The maximum absolute atomic E-state index is 10.1. The molecule has 0 aliphatic carbocycles. The van der Waals surface area contributed by atoms with Crippen molar-refractivity contribution in [2.24, 2.45) is 5.73 Å². The number of likely N-dealkylation sites (N-methyl/N-ethyl adjacent to an activating group) is 1. The van der Waals surface area contributed by atoms with Crippen molar-refractivity contribution >= 4 is 12.2 Å². The zero-order chi connectivity index (χ0) is 7.28. The SMILES string of the molecule is CNC([C]=O)CC(N)=O. The third-order valence-electron chi connectivity index (χ3n) is 0.896. The average molecular weight is 129 g/mol. The molecule has 0 heterocycles. The van der Waals surface area contributed by atoms with Crippen LogP contribution in [-0.4, -0.2) is 25.3 Å². The monoisotopic (exact) mass is 129 g/mol. The second kappa shape index (κ2) is 4.03. The maximum atomic E-state index is 10.1. The van der Waals surface area contributed by atoms with Crippen molar-refractivity contribution in [1.82, 2.24) is 5.32 Å².